The van der Waals surface area contributed by atoms with Gasteiger partial charge in [0.1, 0.15) is 11.5 Å². The van der Waals surface area contributed by atoms with E-state index in [1.165, 1.54) is 0 Å². The van der Waals surface area contributed by atoms with Crippen LogP contribution in [0, 0.1) is 0 Å². The van der Waals surface area contributed by atoms with Gasteiger partial charge in [-0.25, -0.2) is 9.97 Å². The average molecular weight is 465 g/mol. The molecular formula is C13H13Br3N4. The van der Waals surface area contributed by atoms with Gasteiger partial charge in [-0.2, -0.15) is 0 Å². The van der Waals surface area contributed by atoms with Crippen molar-refractivity contribution in [1.82, 2.24) is 15.0 Å². The number of pyridine rings is 1. The molecule has 20 heavy (non-hydrogen) atoms. The van der Waals surface area contributed by atoms with Gasteiger partial charge >= 0.3 is 0 Å². The second-order valence-electron chi connectivity index (χ2n) is 4.48. The number of nitrogens with zero attached hydrogens (tertiary/aromatic N) is 3. The molecule has 0 amide bonds. The standard InChI is InChI=1S/C13H13Br3N4/c1-6(2)10-9(16)12(17-3)20-13(19-10)11-8(15)4-7(14)5-18-11/h4-6H,1-3H3,(H,17,19,20). The summed E-state index contributed by atoms with van der Waals surface area (Å²) in [6.07, 6.45) is 1.74. The summed E-state index contributed by atoms with van der Waals surface area (Å²) >= 11 is 10.5. The quantitative estimate of drug-likeness (QED) is 0.695. The SMILES string of the molecule is CNc1nc(-c2ncc(Br)cc2Br)nc(C(C)C)c1Br. The van der Waals surface area contributed by atoms with E-state index in [-0.39, 0.29) is 5.92 Å². The molecule has 0 aliphatic rings. The van der Waals surface area contributed by atoms with Gasteiger partial charge in [0.2, 0.25) is 0 Å². The topological polar surface area (TPSA) is 50.7 Å². The zero-order valence-electron chi connectivity index (χ0n) is 11.2. The normalized spacial score (nSPS) is 10.9. The number of hydrogen-bond acceptors (Lipinski definition) is 4. The van der Waals surface area contributed by atoms with E-state index >= 15 is 0 Å². The fourth-order valence-corrected chi connectivity index (χ4v) is 3.70. The van der Waals surface area contributed by atoms with E-state index in [1.54, 1.807) is 6.20 Å². The molecule has 0 saturated heterocycles. The summed E-state index contributed by atoms with van der Waals surface area (Å²) in [4.78, 5) is 13.5. The molecule has 0 fully saturated rings. The fraction of sp³-hybridized carbons (Fsp3) is 0.308. The lowest BCUT2D eigenvalue weighted by Gasteiger charge is -2.13. The highest BCUT2D eigenvalue weighted by atomic mass is 79.9. The molecule has 0 atom stereocenters. The van der Waals surface area contributed by atoms with E-state index in [0.717, 1.165) is 30.6 Å². The summed E-state index contributed by atoms with van der Waals surface area (Å²) < 4.78 is 2.65. The van der Waals surface area contributed by atoms with Crippen LogP contribution >= 0.6 is 47.8 Å². The molecule has 0 unspecified atom stereocenters. The Balaban J connectivity index is 2.65. The molecule has 0 spiro atoms. The van der Waals surface area contributed by atoms with Crippen LogP contribution in [0.2, 0.25) is 0 Å². The molecule has 4 nitrogen and oxygen atoms in total. The molecule has 2 aromatic heterocycles. The summed E-state index contributed by atoms with van der Waals surface area (Å²) in [7, 11) is 1.84. The number of anilines is 1. The molecule has 0 bridgehead atoms. The van der Waals surface area contributed by atoms with Gasteiger partial charge < -0.3 is 5.32 Å². The Morgan fingerprint density at radius 3 is 2.40 bits per heavy atom. The van der Waals surface area contributed by atoms with Crippen LogP contribution in [0.15, 0.2) is 25.7 Å². The maximum absolute atomic E-state index is 4.64. The minimum absolute atomic E-state index is 0.285. The zero-order chi connectivity index (χ0) is 14.9. The molecule has 2 heterocycles. The summed E-state index contributed by atoms with van der Waals surface area (Å²) in [6, 6.07) is 1.93. The van der Waals surface area contributed by atoms with Gasteiger partial charge in [0.25, 0.3) is 0 Å². The highest BCUT2D eigenvalue weighted by molar-refractivity contribution is 9.11. The number of aromatic nitrogens is 3. The maximum Gasteiger partial charge on any atom is 0.181 e. The first-order valence-electron chi connectivity index (χ1n) is 6.00. The van der Waals surface area contributed by atoms with Crippen LogP contribution in [-0.4, -0.2) is 22.0 Å². The Morgan fingerprint density at radius 1 is 1.15 bits per heavy atom. The zero-order valence-corrected chi connectivity index (χ0v) is 16.0. The molecule has 2 aromatic rings. The van der Waals surface area contributed by atoms with Crippen LogP contribution in [0.5, 0.6) is 0 Å². The summed E-state index contributed by atoms with van der Waals surface area (Å²) in [5.74, 6) is 1.64. The molecule has 1 N–H and O–H groups in total. The Kier molecular flexibility index (Phi) is 5.14. The third-order valence-corrected chi connectivity index (χ3v) is 4.50. The minimum atomic E-state index is 0.285. The van der Waals surface area contributed by atoms with Crippen molar-refractivity contribution in [2.24, 2.45) is 0 Å². The van der Waals surface area contributed by atoms with E-state index in [9.17, 15) is 0 Å². The lowest BCUT2D eigenvalue weighted by molar-refractivity contribution is 0.809. The van der Waals surface area contributed by atoms with Crippen LogP contribution < -0.4 is 5.32 Å². The smallest absolute Gasteiger partial charge is 0.181 e. The molecule has 2 rings (SSSR count). The Bertz CT molecular complexity index is 644. The molecular weight excluding hydrogens is 452 g/mol. The van der Waals surface area contributed by atoms with Crippen LogP contribution in [-0.2, 0) is 0 Å². The number of rotatable bonds is 3. The van der Waals surface area contributed by atoms with Gasteiger partial charge in [-0.15, -0.1) is 0 Å². The number of halogens is 3. The largest absolute Gasteiger partial charge is 0.372 e. The molecule has 7 heteroatoms. The third-order valence-electron chi connectivity index (χ3n) is 2.68. The van der Waals surface area contributed by atoms with Gasteiger partial charge in [0, 0.05) is 22.2 Å². The van der Waals surface area contributed by atoms with Crippen molar-refractivity contribution in [3.8, 4) is 11.5 Å². The number of nitrogens with one attached hydrogen (secondary N) is 1. The van der Waals surface area contributed by atoms with Gasteiger partial charge in [-0.3, -0.25) is 4.98 Å². The fourth-order valence-electron chi connectivity index (χ4n) is 1.70. The van der Waals surface area contributed by atoms with Crippen molar-refractivity contribution in [3.05, 3.63) is 31.4 Å². The predicted octanol–water partition coefficient (Wildman–Crippen LogP) is 4.99. The van der Waals surface area contributed by atoms with Crippen molar-refractivity contribution in [2.45, 2.75) is 19.8 Å². The van der Waals surface area contributed by atoms with Gasteiger partial charge in [0.15, 0.2) is 5.82 Å². The first-order chi connectivity index (χ1) is 9.43. The summed E-state index contributed by atoms with van der Waals surface area (Å²) in [5, 5.41) is 3.08. The van der Waals surface area contributed by atoms with Crippen molar-refractivity contribution < 1.29 is 0 Å². The molecule has 106 valence electrons. The average Bonchev–Trinajstić information content (AvgIpc) is 2.39. The summed E-state index contributed by atoms with van der Waals surface area (Å²) in [6.45, 7) is 4.20. The van der Waals surface area contributed by atoms with E-state index in [1.807, 2.05) is 13.1 Å². The summed E-state index contributed by atoms with van der Waals surface area (Å²) in [5.41, 5.74) is 1.68. The molecule has 0 aromatic carbocycles. The second kappa shape index (κ2) is 6.49. The third kappa shape index (κ3) is 3.20. The Hall–Kier alpha value is -0.530. The lowest BCUT2D eigenvalue weighted by Crippen LogP contribution is -2.05. The van der Waals surface area contributed by atoms with Crippen molar-refractivity contribution in [1.29, 1.82) is 0 Å². The molecule has 0 radical (unpaired) electrons. The van der Waals surface area contributed by atoms with Crippen molar-refractivity contribution in [3.63, 3.8) is 0 Å². The van der Waals surface area contributed by atoms with E-state index in [2.05, 4.69) is 81.9 Å². The minimum Gasteiger partial charge on any atom is -0.372 e. The second-order valence-corrected chi connectivity index (χ2v) is 7.05. The highest BCUT2D eigenvalue weighted by Gasteiger charge is 2.17. The number of hydrogen-bond donors (Lipinski definition) is 1. The molecule has 0 aliphatic carbocycles. The highest BCUT2D eigenvalue weighted by Crippen LogP contribution is 2.33. The van der Waals surface area contributed by atoms with Gasteiger partial charge in [-0.05, 0) is 59.8 Å². The lowest BCUT2D eigenvalue weighted by atomic mass is 10.1. The first-order valence-corrected chi connectivity index (χ1v) is 8.38. The van der Waals surface area contributed by atoms with Gasteiger partial charge in [-0.1, -0.05) is 13.8 Å². The van der Waals surface area contributed by atoms with Crippen molar-refractivity contribution >= 4 is 53.6 Å². The van der Waals surface area contributed by atoms with E-state index in [4.69, 9.17) is 0 Å². The Labute approximate surface area is 143 Å². The Morgan fingerprint density at radius 2 is 1.85 bits per heavy atom. The molecule has 0 aliphatic heterocycles. The van der Waals surface area contributed by atoms with Crippen molar-refractivity contribution in [2.75, 3.05) is 12.4 Å². The predicted molar refractivity (Wildman–Crippen MR) is 92.0 cm³/mol. The van der Waals surface area contributed by atoms with Crippen LogP contribution in [0.3, 0.4) is 0 Å². The van der Waals surface area contributed by atoms with Crippen LogP contribution in [0.4, 0.5) is 5.82 Å². The van der Waals surface area contributed by atoms with E-state index < -0.39 is 0 Å². The van der Waals surface area contributed by atoms with Gasteiger partial charge in [0.05, 0.1) is 10.2 Å². The maximum atomic E-state index is 4.64. The van der Waals surface area contributed by atoms with E-state index in [0.29, 0.717) is 5.82 Å². The monoisotopic (exact) mass is 462 g/mol. The van der Waals surface area contributed by atoms with Crippen LogP contribution in [0.25, 0.3) is 11.5 Å². The first kappa shape index (κ1) is 15.9. The molecule has 0 saturated carbocycles. The van der Waals surface area contributed by atoms with Crippen LogP contribution in [0.1, 0.15) is 25.5 Å².